The predicted molar refractivity (Wildman–Crippen MR) is 103 cm³/mol. The third kappa shape index (κ3) is 5.51. The first-order valence-electron chi connectivity index (χ1n) is 8.91. The van der Waals surface area contributed by atoms with Crippen LogP contribution in [0.4, 0.5) is 10.1 Å². The maximum atomic E-state index is 13.6. The maximum Gasteiger partial charge on any atom is 0.238 e. The molecule has 0 bridgehead atoms. The van der Waals surface area contributed by atoms with Crippen molar-refractivity contribution in [2.75, 3.05) is 44.6 Å². The van der Waals surface area contributed by atoms with Crippen LogP contribution in [0.1, 0.15) is 5.56 Å². The Balaban J connectivity index is 1.39. The number of rotatable bonds is 6. The van der Waals surface area contributed by atoms with Gasteiger partial charge in [0.15, 0.2) is 0 Å². The van der Waals surface area contributed by atoms with Gasteiger partial charge in [0.2, 0.25) is 5.91 Å². The largest absolute Gasteiger partial charge is 0.322 e. The molecule has 0 radical (unpaired) electrons. The summed E-state index contributed by atoms with van der Waals surface area (Å²) in [7, 11) is 0. The Morgan fingerprint density at radius 3 is 2.35 bits per heavy atom. The van der Waals surface area contributed by atoms with Crippen LogP contribution in [0, 0.1) is 5.82 Å². The first kappa shape index (κ1) is 18.3. The summed E-state index contributed by atoms with van der Waals surface area (Å²) in [5.41, 5.74) is 1.44. The molecule has 1 saturated heterocycles. The highest BCUT2D eigenvalue weighted by molar-refractivity contribution is 5.92. The highest BCUT2D eigenvalue weighted by atomic mass is 19.1. The van der Waals surface area contributed by atoms with Gasteiger partial charge in [-0.2, -0.15) is 0 Å². The standard InChI is InChI=1S/C21H24FN3O/c22-19-10-4-5-11-20(19)23-21(26)17-25-15-13-24(14-16-25)12-6-9-18-7-2-1-3-8-18/h1-11H,12-17H2,(H,23,26). The van der Waals surface area contributed by atoms with Crippen molar-refractivity contribution in [2.24, 2.45) is 0 Å². The first-order chi connectivity index (χ1) is 12.7. The van der Waals surface area contributed by atoms with Gasteiger partial charge in [0, 0.05) is 32.7 Å². The van der Waals surface area contributed by atoms with Gasteiger partial charge in [0.1, 0.15) is 5.82 Å². The number of amides is 1. The number of halogens is 1. The van der Waals surface area contributed by atoms with Crippen molar-refractivity contribution < 1.29 is 9.18 Å². The summed E-state index contributed by atoms with van der Waals surface area (Å²) in [4.78, 5) is 16.6. The smallest absolute Gasteiger partial charge is 0.238 e. The molecular formula is C21H24FN3O. The number of benzene rings is 2. The summed E-state index contributed by atoms with van der Waals surface area (Å²) in [6.07, 6.45) is 4.31. The molecule has 0 aromatic heterocycles. The molecule has 2 aromatic rings. The lowest BCUT2D eigenvalue weighted by molar-refractivity contribution is -0.117. The molecule has 0 spiro atoms. The topological polar surface area (TPSA) is 35.6 Å². The van der Waals surface area contributed by atoms with Crippen molar-refractivity contribution in [2.45, 2.75) is 0 Å². The van der Waals surface area contributed by atoms with E-state index in [0.29, 0.717) is 6.54 Å². The van der Waals surface area contributed by atoms with Gasteiger partial charge >= 0.3 is 0 Å². The third-order valence-corrected chi connectivity index (χ3v) is 4.45. The Morgan fingerprint density at radius 2 is 1.62 bits per heavy atom. The molecule has 1 fully saturated rings. The Bertz CT molecular complexity index is 740. The molecule has 1 aliphatic heterocycles. The van der Waals surface area contributed by atoms with Crippen LogP contribution < -0.4 is 5.32 Å². The zero-order valence-electron chi connectivity index (χ0n) is 14.8. The lowest BCUT2D eigenvalue weighted by atomic mass is 10.2. The number of para-hydroxylation sites is 1. The number of nitrogens with one attached hydrogen (secondary N) is 1. The number of piperazine rings is 1. The van der Waals surface area contributed by atoms with Crippen molar-refractivity contribution in [3.05, 3.63) is 72.1 Å². The molecule has 1 aliphatic rings. The summed E-state index contributed by atoms with van der Waals surface area (Å²) in [6, 6.07) is 16.5. The second kappa shape index (κ2) is 9.27. The average molecular weight is 353 g/mol. The van der Waals surface area contributed by atoms with E-state index < -0.39 is 5.82 Å². The molecule has 0 aliphatic carbocycles. The number of anilines is 1. The maximum absolute atomic E-state index is 13.6. The number of carbonyl (C=O) groups excluding carboxylic acids is 1. The number of hydrogen-bond donors (Lipinski definition) is 1. The Kier molecular flexibility index (Phi) is 6.52. The van der Waals surface area contributed by atoms with Gasteiger partial charge in [0.25, 0.3) is 0 Å². The summed E-state index contributed by atoms with van der Waals surface area (Å²) in [5.74, 6) is -0.580. The summed E-state index contributed by atoms with van der Waals surface area (Å²) in [5, 5.41) is 2.64. The van der Waals surface area contributed by atoms with E-state index in [1.807, 2.05) is 18.2 Å². The summed E-state index contributed by atoms with van der Waals surface area (Å²) < 4.78 is 13.6. The van der Waals surface area contributed by atoms with E-state index in [-0.39, 0.29) is 11.6 Å². The van der Waals surface area contributed by atoms with E-state index >= 15 is 0 Å². The first-order valence-corrected chi connectivity index (χ1v) is 8.91. The van der Waals surface area contributed by atoms with Crippen molar-refractivity contribution in [3.8, 4) is 0 Å². The fraction of sp³-hybridized carbons (Fsp3) is 0.286. The molecule has 0 atom stereocenters. The van der Waals surface area contributed by atoms with Crippen LogP contribution in [0.25, 0.3) is 6.08 Å². The fourth-order valence-electron chi connectivity index (χ4n) is 2.99. The van der Waals surface area contributed by atoms with E-state index in [1.54, 1.807) is 18.2 Å². The van der Waals surface area contributed by atoms with Gasteiger partial charge in [-0.3, -0.25) is 14.6 Å². The number of carbonyl (C=O) groups is 1. The molecule has 136 valence electrons. The zero-order valence-corrected chi connectivity index (χ0v) is 14.8. The minimum absolute atomic E-state index is 0.174. The SMILES string of the molecule is O=C(CN1CCN(CC=Cc2ccccc2)CC1)Nc1ccccc1F. The summed E-state index contributed by atoms with van der Waals surface area (Å²) in [6.45, 7) is 4.72. The molecule has 1 N–H and O–H groups in total. The van der Waals surface area contributed by atoms with Crippen LogP contribution in [0.15, 0.2) is 60.7 Å². The molecule has 26 heavy (non-hydrogen) atoms. The van der Waals surface area contributed by atoms with Gasteiger partial charge in [-0.25, -0.2) is 4.39 Å². The second-order valence-electron chi connectivity index (χ2n) is 6.42. The van der Waals surface area contributed by atoms with E-state index in [4.69, 9.17) is 0 Å². The second-order valence-corrected chi connectivity index (χ2v) is 6.42. The van der Waals surface area contributed by atoms with E-state index in [2.05, 4.69) is 39.4 Å². The quantitative estimate of drug-likeness (QED) is 0.867. The van der Waals surface area contributed by atoms with Crippen LogP contribution in [-0.4, -0.2) is 55.0 Å². The van der Waals surface area contributed by atoms with Crippen molar-refractivity contribution in [1.29, 1.82) is 0 Å². The number of hydrogen-bond acceptors (Lipinski definition) is 3. The Hall–Kier alpha value is -2.50. The molecule has 2 aromatic carbocycles. The van der Waals surface area contributed by atoms with E-state index in [9.17, 15) is 9.18 Å². The van der Waals surface area contributed by atoms with Crippen molar-refractivity contribution in [3.63, 3.8) is 0 Å². The Labute approximate surface area is 153 Å². The van der Waals surface area contributed by atoms with Gasteiger partial charge in [-0.1, -0.05) is 54.6 Å². The molecule has 1 amide bonds. The molecule has 0 unspecified atom stereocenters. The van der Waals surface area contributed by atoms with Gasteiger partial charge in [0.05, 0.1) is 12.2 Å². The van der Waals surface area contributed by atoms with Crippen LogP contribution in [0.3, 0.4) is 0 Å². The molecule has 4 nitrogen and oxygen atoms in total. The van der Waals surface area contributed by atoms with Crippen LogP contribution >= 0.6 is 0 Å². The summed E-state index contributed by atoms with van der Waals surface area (Å²) >= 11 is 0. The zero-order chi connectivity index (χ0) is 18.2. The minimum atomic E-state index is -0.407. The van der Waals surface area contributed by atoms with Gasteiger partial charge in [-0.15, -0.1) is 0 Å². The van der Waals surface area contributed by atoms with Crippen molar-refractivity contribution in [1.82, 2.24) is 9.80 Å². The van der Waals surface area contributed by atoms with Crippen molar-refractivity contribution >= 4 is 17.7 Å². The fourth-order valence-corrected chi connectivity index (χ4v) is 2.99. The van der Waals surface area contributed by atoms with Crippen LogP contribution in [-0.2, 0) is 4.79 Å². The van der Waals surface area contributed by atoms with Gasteiger partial charge < -0.3 is 5.32 Å². The molecule has 1 heterocycles. The normalized spacial score (nSPS) is 16.0. The monoisotopic (exact) mass is 353 g/mol. The highest BCUT2D eigenvalue weighted by Crippen LogP contribution is 2.12. The predicted octanol–water partition coefficient (Wildman–Crippen LogP) is 3.10. The van der Waals surface area contributed by atoms with Gasteiger partial charge in [-0.05, 0) is 17.7 Å². The van der Waals surface area contributed by atoms with Crippen LogP contribution in [0.5, 0.6) is 0 Å². The van der Waals surface area contributed by atoms with Crippen LogP contribution in [0.2, 0.25) is 0 Å². The lowest BCUT2D eigenvalue weighted by Crippen LogP contribution is -2.48. The Morgan fingerprint density at radius 1 is 0.962 bits per heavy atom. The molecule has 0 saturated carbocycles. The van der Waals surface area contributed by atoms with E-state index in [0.717, 1.165) is 32.7 Å². The minimum Gasteiger partial charge on any atom is -0.322 e. The molecule has 3 rings (SSSR count). The van der Waals surface area contributed by atoms with E-state index in [1.165, 1.54) is 11.6 Å². The molecule has 5 heteroatoms. The molecular weight excluding hydrogens is 329 g/mol. The average Bonchev–Trinajstić information content (AvgIpc) is 2.66. The number of nitrogens with zero attached hydrogens (tertiary/aromatic N) is 2. The third-order valence-electron chi connectivity index (χ3n) is 4.45. The highest BCUT2D eigenvalue weighted by Gasteiger charge is 2.18. The lowest BCUT2D eigenvalue weighted by Gasteiger charge is -2.33.